The highest BCUT2D eigenvalue weighted by Crippen LogP contribution is 2.31. The lowest BCUT2D eigenvalue weighted by atomic mass is 10.3. The highest BCUT2D eigenvalue weighted by molar-refractivity contribution is 8.03. The Morgan fingerprint density at radius 3 is 2.15 bits per heavy atom. The van der Waals surface area contributed by atoms with Crippen LogP contribution >= 0.6 is 23.5 Å². The van der Waals surface area contributed by atoms with Gasteiger partial charge >= 0.3 is 5.51 Å². The van der Waals surface area contributed by atoms with Gasteiger partial charge < -0.3 is 5.11 Å². The molecule has 0 aromatic rings. The van der Waals surface area contributed by atoms with Crippen molar-refractivity contribution in [1.82, 2.24) is 0 Å². The number of rotatable bonds is 5. The monoisotopic (exact) mass is 234 g/mol. The Labute approximate surface area is 84.5 Å². The van der Waals surface area contributed by atoms with Crippen LogP contribution in [0, 0.1) is 0 Å². The molecule has 0 heterocycles. The van der Waals surface area contributed by atoms with Crippen molar-refractivity contribution in [3.05, 3.63) is 0 Å². The molecular weight excluding hydrogens is 221 g/mol. The first-order chi connectivity index (χ1) is 5.83. The van der Waals surface area contributed by atoms with Crippen LogP contribution in [0.1, 0.15) is 13.8 Å². The van der Waals surface area contributed by atoms with Crippen molar-refractivity contribution in [2.75, 3.05) is 11.5 Å². The van der Waals surface area contributed by atoms with E-state index in [9.17, 15) is 13.2 Å². The molecule has 0 aliphatic heterocycles. The molecule has 1 nitrogen and oxygen atoms in total. The minimum Gasteiger partial charge on any atom is -0.392 e. The van der Waals surface area contributed by atoms with Crippen LogP contribution in [0.2, 0.25) is 0 Å². The van der Waals surface area contributed by atoms with Crippen LogP contribution in [-0.4, -0.2) is 33.5 Å². The van der Waals surface area contributed by atoms with Crippen LogP contribution in [-0.2, 0) is 0 Å². The molecule has 0 saturated heterocycles. The van der Waals surface area contributed by atoms with Crippen molar-refractivity contribution in [2.24, 2.45) is 0 Å². The molecule has 1 N–H and O–H groups in total. The molecule has 2 atom stereocenters. The Kier molecular flexibility index (Phi) is 6.24. The number of hydrogen-bond acceptors (Lipinski definition) is 3. The maximum Gasteiger partial charge on any atom is 0.441 e. The summed E-state index contributed by atoms with van der Waals surface area (Å²) in [6, 6.07) is 0. The molecule has 6 heteroatoms. The second-order valence-electron chi connectivity index (χ2n) is 2.61. The molecule has 0 rings (SSSR count). The minimum absolute atomic E-state index is 0.00571. The zero-order chi connectivity index (χ0) is 10.5. The first-order valence-corrected chi connectivity index (χ1v) is 5.86. The summed E-state index contributed by atoms with van der Waals surface area (Å²) in [6.07, 6.45) is -0.471. The Morgan fingerprint density at radius 1 is 1.23 bits per heavy atom. The lowest BCUT2D eigenvalue weighted by Crippen LogP contribution is -2.16. The van der Waals surface area contributed by atoms with Gasteiger partial charge in [0.15, 0.2) is 0 Å². The summed E-state index contributed by atoms with van der Waals surface area (Å²) < 4.78 is 34.9. The summed E-state index contributed by atoms with van der Waals surface area (Å²) in [5.41, 5.74) is -4.13. The van der Waals surface area contributed by atoms with E-state index in [1.807, 2.05) is 0 Å². The molecule has 0 radical (unpaired) electrons. The normalized spacial score (nSPS) is 17.1. The van der Waals surface area contributed by atoms with Gasteiger partial charge in [-0.25, -0.2) is 0 Å². The molecule has 80 valence electrons. The largest absolute Gasteiger partial charge is 0.441 e. The first kappa shape index (κ1) is 13.4. The minimum atomic E-state index is -4.13. The van der Waals surface area contributed by atoms with Gasteiger partial charge in [0.1, 0.15) is 0 Å². The number of alkyl halides is 3. The van der Waals surface area contributed by atoms with Gasteiger partial charge in [-0.05, 0) is 6.92 Å². The van der Waals surface area contributed by atoms with E-state index < -0.39 is 11.6 Å². The van der Waals surface area contributed by atoms with Crippen LogP contribution in [0.25, 0.3) is 0 Å². The van der Waals surface area contributed by atoms with Gasteiger partial charge in [-0.3, -0.25) is 0 Å². The van der Waals surface area contributed by atoms with Crippen molar-refractivity contribution >= 4 is 23.5 Å². The molecule has 0 aliphatic rings. The highest BCUT2D eigenvalue weighted by atomic mass is 32.2. The molecule has 13 heavy (non-hydrogen) atoms. The van der Waals surface area contributed by atoms with Gasteiger partial charge in [0, 0.05) is 16.8 Å². The Balaban J connectivity index is 3.36. The van der Waals surface area contributed by atoms with E-state index in [2.05, 4.69) is 0 Å². The van der Waals surface area contributed by atoms with Gasteiger partial charge in [0.2, 0.25) is 0 Å². The van der Waals surface area contributed by atoms with Crippen LogP contribution in [0.5, 0.6) is 0 Å². The van der Waals surface area contributed by atoms with E-state index in [0.717, 1.165) is 0 Å². The van der Waals surface area contributed by atoms with E-state index in [-0.39, 0.29) is 22.8 Å². The van der Waals surface area contributed by atoms with E-state index in [4.69, 9.17) is 5.11 Å². The maximum absolute atomic E-state index is 11.6. The van der Waals surface area contributed by atoms with Crippen molar-refractivity contribution in [3.63, 3.8) is 0 Å². The smallest absolute Gasteiger partial charge is 0.392 e. The van der Waals surface area contributed by atoms with Crippen LogP contribution < -0.4 is 0 Å². The molecule has 0 aromatic heterocycles. The molecule has 0 amide bonds. The lowest BCUT2D eigenvalue weighted by Gasteiger charge is -2.13. The van der Waals surface area contributed by atoms with Crippen LogP contribution in [0.3, 0.4) is 0 Å². The molecular formula is C7H13F3OS2. The Hall–Kier alpha value is 0.450. The third-order valence-corrected chi connectivity index (χ3v) is 3.76. The van der Waals surface area contributed by atoms with Crippen molar-refractivity contribution in [3.8, 4) is 0 Å². The SMILES string of the molecule is CC(O)C(C)SCCSC(F)(F)F. The quantitative estimate of drug-likeness (QED) is 0.739. The van der Waals surface area contributed by atoms with E-state index in [1.165, 1.54) is 11.8 Å². The average molecular weight is 234 g/mol. The predicted molar refractivity (Wildman–Crippen MR) is 52.1 cm³/mol. The van der Waals surface area contributed by atoms with E-state index in [1.54, 1.807) is 13.8 Å². The molecule has 0 spiro atoms. The van der Waals surface area contributed by atoms with E-state index in [0.29, 0.717) is 5.75 Å². The van der Waals surface area contributed by atoms with Crippen molar-refractivity contribution < 1.29 is 18.3 Å². The summed E-state index contributed by atoms with van der Waals surface area (Å²) in [7, 11) is 0. The van der Waals surface area contributed by atoms with Crippen LogP contribution in [0.4, 0.5) is 13.2 Å². The number of halogens is 3. The maximum atomic E-state index is 11.6. The summed E-state index contributed by atoms with van der Waals surface area (Å²) in [6.45, 7) is 3.43. The van der Waals surface area contributed by atoms with Gasteiger partial charge in [0.25, 0.3) is 0 Å². The summed E-state index contributed by atoms with van der Waals surface area (Å²) in [5.74, 6) is 0.460. The molecule has 0 fully saturated rings. The summed E-state index contributed by atoms with van der Waals surface area (Å²) in [4.78, 5) is 0. The molecule has 0 aliphatic carbocycles. The van der Waals surface area contributed by atoms with Gasteiger partial charge in [-0.1, -0.05) is 18.7 Å². The highest BCUT2D eigenvalue weighted by Gasteiger charge is 2.27. The zero-order valence-corrected chi connectivity index (χ0v) is 9.10. The lowest BCUT2D eigenvalue weighted by molar-refractivity contribution is -0.0326. The second-order valence-corrected chi connectivity index (χ2v) is 5.26. The average Bonchev–Trinajstić information content (AvgIpc) is 1.95. The van der Waals surface area contributed by atoms with Crippen molar-refractivity contribution in [1.29, 1.82) is 0 Å². The topological polar surface area (TPSA) is 20.2 Å². The second kappa shape index (κ2) is 6.03. The van der Waals surface area contributed by atoms with E-state index >= 15 is 0 Å². The predicted octanol–water partition coefficient (Wildman–Crippen LogP) is 2.74. The number of aliphatic hydroxyl groups excluding tert-OH is 1. The summed E-state index contributed by atoms with van der Waals surface area (Å²) in [5, 5.41) is 9.02. The fraction of sp³-hybridized carbons (Fsp3) is 1.00. The van der Waals surface area contributed by atoms with Gasteiger partial charge in [-0.15, -0.1) is 0 Å². The standard InChI is InChI=1S/C7H13F3OS2/c1-5(11)6(2)12-3-4-13-7(8,9)10/h5-6,11H,3-4H2,1-2H3. The molecule has 0 saturated carbocycles. The van der Waals surface area contributed by atoms with Crippen molar-refractivity contribution in [2.45, 2.75) is 30.7 Å². The van der Waals surface area contributed by atoms with Gasteiger partial charge in [0.05, 0.1) is 6.10 Å². The number of thioether (sulfide) groups is 2. The summed E-state index contributed by atoms with van der Waals surface area (Å²) >= 11 is 1.34. The third kappa shape index (κ3) is 8.77. The van der Waals surface area contributed by atoms with Crippen LogP contribution in [0.15, 0.2) is 0 Å². The fourth-order valence-corrected chi connectivity index (χ4v) is 2.13. The Morgan fingerprint density at radius 2 is 1.77 bits per heavy atom. The molecule has 2 unspecified atom stereocenters. The molecule has 0 bridgehead atoms. The first-order valence-electron chi connectivity index (χ1n) is 3.83. The fourth-order valence-electron chi connectivity index (χ4n) is 0.531. The molecule has 0 aromatic carbocycles. The Bertz CT molecular complexity index is 138. The third-order valence-electron chi connectivity index (χ3n) is 1.41. The van der Waals surface area contributed by atoms with Gasteiger partial charge in [-0.2, -0.15) is 24.9 Å². The number of hydrogen-bond donors (Lipinski definition) is 1. The number of aliphatic hydroxyl groups is 1. The zero-order valence-electron chi connectivity index (χ0n) is 7.47.